The van der Waals surface area contributed by atoms with Gasteiger partial charge in [-0.15, -0.1) is 0 Å². The maximum Gasteiger partial charge on any atom is 0.306 e. The number of benzene rings is 2. The number of aromatic nitrogens is 1. The number of para-hydroxylation sites is 1. The van der Waals surface area contributed by atoms with Crippen molar-refractivity contribution in [3.05, 3.63) is 76.6 Å². The first-order valence-electron chi connectivity index (χ1n) is 14.0. The molecule has 3 aromatic rings. The molecular weight excluding hydrogens is 532 g/mol. The van der Waals surface area contributed by atoms with Crippen LogP contribution in [0.2, 0.25) is 5.02 Å². The maximum absolute atomic E-state index is 13.6. The first-order chi connectivity index (χ1) is 19.5. The van der Waals surface area contributed by atoms with Crippen LogP contribution in [0.15, 0.2) is 54.7 Å². The van der Waals surface area contributed by atoms with Gasteiger partial charge in [0.1, 0.15) is 25.4 Å². The minimum Gasteiger partial charge on any atom is -0.486 e. The standard InChI is InChI=1S/C31H33ClN2O6/c1-2-37-29(36)17-20-10-13-33(14-11-20)28(35)19-27-25-6-4-12-34(25)24-9-8-21(32)18-23(24)30(40-27)22-5-3-7-26-31(22)39-16-15-38-26/h3-9,12,18,20,27,30H,2,10-11,13-17,19H2,1H3/t27-,30-/m0/s1. The van der Waals surface area contributed by atoms with E-state index in [-0.39, 0.29) is 24.2 Å². The molecule has 1 saturated heterocycles. The number of hydrogen-bond donors (Lipinski definition) is 0. The summed E-state index contributed by atoms with van der Waals surface area (Å²) in [5.41, 5.74) is 3.57. The zero-order valence-electron chi connectivity index (χ0n) is 22.5. The van der Waals surface area contributed by atoms with E-state index in [9.17, 15) is 9.59 Å². The van der Waals surface area contributed by atoms with Crippen LogP contribution in [-0.4, -0.2) is 54.3 Å². The Morgan fingerprint density at radius 3 is 2.65 bits per heavy atom. The Kier molecular flexibility index (Phi) is 7.71. The molecule has 0 radical (unpaired) electrons. The van der Waals surface area contributed by atoms with Crippen molar-refractivity contribution in [1.29, 1.82) is 0 Å². The van der Waals surface area contributed by atoms with Crippen molar-refractivity contribution in [2.45, 2.75) is 44.8 Å². The van der Waals surface area contributed by atoms with Gasteiger partial charge in [-0.1, -0.05) is 23.7 Å². The third-order valence-corrected chi connectivity index (χ3v) is 8.14. The van der Waals surface area contributed by atoms with Crippen molar-refractivity contribution >= 4 is 23.5 Å². The van der Waals surface area contributed by atoms with Gasteiger partial charge in [-0.05, 0) is 62.1 Å². The molecule has 1 fully saturated rings. The lowest BCUT2D eigenvalue weighted by Gasteiger charge is -2.33. The zero-order valence-corrected chi connectivity index (χ0v) is 23.3. The lowest BCUT2D eigenvalue weighted by atomic mass is 9.93. The second-order valence-electron chi connectivity index (χ2n) is 10.4. The summed E-state index contributed by atoms with van der Waals surface area (Å²) in [5.74, 6) is 1.44. The van der Waals surface area contributed by atoms with Crippen LogP contribution in [-0.2, 0) is 19.1 Å². The Balaban J connectivity index is 1.28. The second-order valence-corrected chi connectivity index (χ2v) is 10.9. The molecule has 0 aliphatic carbocycles. The molecule has 0 bridgehead atoms. The number of ether oxygens (including phenoxy) is 4. The predicted molar refractivity (Wildman–Crippen MR) is 149 cm³/mol. The monoisotopic (exact) mass is 564 g/mol. The summed E-state index contributed by atoms with van der Waals surface area (Å²) >= 11 is 6.50. The number of rotatable bonds is 6. The van der Waals surface area contributed by atoms with Crippen LogP contribution in [0, 0.1) is 5.92 Å². The quantitative estimate of drug-likeness (QED) is 0.360. The van der Waals surface area contributed by atoms with Crippen LogP contribution < -0.4 is 9.47 Å². The number of carbonyl (C=O) groups excluding carboxylic acids is 2. The molecule has 6 rings (SSSR count). The normalized spacial score (nSPS) is 20.3. The lowest BCUT2D eigenvalue weighted by Crippen LogP contribution is -2.39. The van der Waals surface area contributed by atoms with Gasteiger partial charge < -0.3 is 28.4 Å². The fourth-order valence-corrected chi connectivity index (χ4v) is 6.14. The molecule has 8 nitrogen and oxygen atoms in total. The van der Waals surface area contributed by atoms with Crippen LogP contribution in [0.3, 0.4) is 0 Å². The first kappa shape index (κ1) is 26.7. The van der Waals surface area contributed by atoms with Crippen molar-refractivity contribution in [2.24, 2.45) is 5.92 Å². The van der Waals surface area contributed by atoms with Gasteiger partial charge in [-0.3, -0.25) is 9.59 Å². The molecule has 4 heterocycles. The Hall–Kier alpha value is -3.49. The highest BCUT2D eigenvalue weighted by molar-refractivity contribution is 6.30. The van der Waals surface area contributed by atoms with Gasteiger partial charge in [0.05, 0.1) is 24.4 Å². The average molecular weight is 565 g/mol. The van der Waals surface area contributed by atoms with Gasteiger partial charge >= 0.3 is 5.97 Å². The van der Waals surface area contributed by atoms with Crippen LogP contribution in [0.25, 0.3) is 5.69 Å². The van der Waals surface area contributed by atoms with Gasteiger partial charge in [0.15, 0.2) is 11.5 Å². The summed E-state index contributed by atoms with van der Waals surface area (Å²) in [4.78, 5) is 27.4. The summed E-state index contributed by atoms with van der Waals surface area (Å²) in [5, 5.41) is 0.600. The van der Waals surface area contributed by atoms with E-state index in [1.54, 1.807) is 0 Å². The van der Waals surface area contributed by atoms with Crippen LogP contribution >= 0.6 is 11.6 Å². The van der Waals surface area contributed by atoms with E-state index < -0.39 is 12.2 Å². The summed E-state index contributed by atoms with van der Waals surface area (Å²) in [6, 6.07) is 15.6. The fraction of sp³-hybridized carbons (Fsp3) is 0.419. The van der Waals surface area contributed by atoms with Gasteiger partial charge in [0.25, 0.3) is 0 Å². The van der Waals surface area contributed by atoms with Gasteiger partial charge in [0.2, 0.25) is 5.91 Å². The molecule has 0 unspecified atom stereocenters. The van der Waals surface area contributed by atoms with E-state index in [4.69, 9.17) is 30.5 Å². The van der Waals surface area contributed by atoms with Gasteiger partial charge in [-0.2, -0.15) is 0 Å². The number of amides is 1. The summed E-state index contributed by atoms with van der Waals surface area (Å²) in [7, 11) is 0. The van der Waals surface area contributed by atoms with Crippen LogP contribution in [0.4, 0.5) is 0 Å². The molecule has 0 N–H and O–H groups in total. The number of nitrogens with zero attached hydrogens (tertiary/aromatic N) is 2. The SMILES string of the molecule is CCOC(=O)CC1CCN(C(=O)C[C@@H]2O[C@@H](c3cccc4c3OCCO4)c3cc(Cl)ccc3-n3cccc32)CC1. The third kappa shape index (κ3) is 5.30. The molecule has 9 heteroatoms. The molecule has 1 amide bonds. The number of esters is 1. The average Bonchev–Trinajstić information content (AvgIpc) is 3.41. The Bertz CT molecular complexity index is 1400. The first-order valence-corrected chi connectivity index (χ1v) is 14.3. The topological polar surface area (TPSA) is 79.2 Å². The van der Waals surface area contributed by atoms with Gasteiger partial charge in [-0.25, -0.2) is 0 Å². The Morgan fingerprint density at radius 1 is 1.00 bits per heavy atom. The molecule has 1 aromatic heterocycles. The van der Waals surface area contributed by atoms with E-state index >= 15 is 0 Å². The van der Waals surface area contributed by atoms with E-state index in [2.05, 4.69) is 4.57 Å². The minimum absolute atomic E-state index is 0.0322. The molecule has 40 heavy (non-hydrogen) atoms. The Labute approximate surface area is 238 Å². The number of fused-ring (bicyclic) bond motifs is 4. The highest BCUT2D eigenvalue weighted by Gasteiger charge is 2.36. The van der Waals surface area contributed by atoms with E-state index in [0.29, 0.717) is 55.9 Å². The summed E-state index contributed by atoms with van der Waals surface area (Å²) < 4.78 is 26.0. The third-order valence-electron chi connectivity index (χ3n) is 7.91. The zero-order chi connectivity index (χ0) is 27.6. The molecule has 3 aliphatic rings. The van der Waals surface area contributed by atoms with Crippen molar-refractivity contribution in [2.75, 3.05) is 32.9 Å². The van der Waals surface area contributed by atoms with E-state index in [1.165, 1.54) is 0 Å². The van der Waals surface area contributed by atoms with E-state index in [0.717, 1.165) is 35.3 Å². The number of carbonyl (C=O) groups is 2. The van der Waals surface area contributed by atoms with Crippen molar-refractivity contribution in [1.82, 2.24) is 9.47 Å². The lowest BCUT2D eigenvalue weighted by molar-refractivity contribution is -0.144. The number of likely N-dealkylation sites (tertiary alicyclic amines) is 1. The molecule has 3 aliphatic heterocycles. The molecule has 0 saturated carbocycles. The van der Waals surface area contributed by atoms with Crippen molar-refractivity contribution in [3.63, 3.8) is 0 Å². The molecule has 210 valence electrons. The highest BCUT2D eigenvalue weighted by atomic mass is 35.5. The van der Waals surface area contributed by atoms with Gasteiger partial charge in [0, 0.05) is 41.9 Å². The van der Waals surface area contributed by atoms with Crippen molar-refractivity contribution in [3.8, 4) is 17.2 Å². The second kappa shape index (κ2) is 11.6. The maximum atomic E-state index is 13.6. The molecule has 2 atom stereocenters. The largest absolute Gasteiger partial charge is 0.486 e. The number of piperidine rings is 1. The fourth-order valence-electron chi connectivity index (χ4n) is 5.96. The highest BCUT2D eigenvalue weighted by Crippen LogP contribution is 2.47. The Morgan fingerprint density at radius 2 is 1.82 bits per heavy atom. The molecule has 0 spiro atoms. The molecular formula is C31H33ClN2O6. The van der Waals surface area contributed by atoms with Crippen LogP contribution in [0.5, 0.6) is 11.5 Å². The van der Waals surface area contributed by atoms with Crippen molar-refractivity contribution < 1.29 is 28.5 Å². The predicted octanol–water partition coefficient (Wildman–Crippen LogP) is 5.64. The van der Waals surface area contributed by atoms with Crippen LogP contribution in [0.1, 0.15) is 61.6 Å². The smallest absolute Gasteiger partial charge is 0.306 e. The van der Waals surface area contributed by atoms with E-state index in [1.807, 2.05) is 66.6 Å². The summed E-state index contributed by atoms with van der Waals surface area (Å²) in [6.07, 6.45) is 3.13. The number of hydrogen-bond acceptors (Lipinski definition) is 6. The minimum atomic E-state index is -0.529. The molecule has 2 aromatic carbocycles. The summed E-state index contributed by atoms with van der Waals surface area (Å²) in [6.45, 7) is 4.38. The number of halogens is 1.